The second kappa shape index (κ2) is 7.20. The number of hydrogen-bond donors (Lipinski definition) is 0. The first-order chi connectivity index (χ1) is 13.4. The lowest BCUT2D eigenvalue weighted by Gasteiger charge is -2.19. The molecule has 0 saturated carbocycles. The maximum Gasteiger partial charge on any atom is 0.281 e. The molecule has 28 heavy (non-hydrogen) atoms. The maximum atomic E-state index is 13.4. The van der Waals surface area contributed by atoms with Gasteiger partial charge in [0.15, 0.2) is 10.8 Å². The molecular weight excluding hydrogens is 368 g/mol. The lowest BCUT2D eigenvalue weighted by atomic mass is 10.1. The SMILES string of the molecule is Cc1cn(C)nc1C(=O)N(Cc1ccccc1)c1nc2c(C)c(C)ccc2s1. The van der Waals surface area contributed by atoms with E-state index in [1.54, 1.807) is 20.9 Å². The Kier molecular flexibility index (Phi) is 4.73. The molecule has 0 unspecified atom stereocenters. The summed E-state index contributed by atoms with van der Waals surface area (Å²) in [6, 6.07) is 14.2. The van der Waals surface area contributed by atoms with E-state index in [1.165, 1.54) is 5.56 Å². The molecule has 2 aromatic heterocycles. The number of amides is 1. The molecular formula is C22H22N4OS. The van der Waals surface area contributed by atoms with Gasteiger partial charge in [-0.1, -0.05) is 47.7 Å². The van der Waals surface area contributed by atoms with Crippen LogP contribution in [-0.2, 0) is 13.6 Å². The third-order valence-corrected chi connectivity index (χ3v) is 5.99. The molecule has 4 aromatic rings. The van der Waals surface area contributed by atoms with Crippen LogP contribution in [0.1, 0.15) is 32.7 Å². The van der Waals surface area contributed by atoms with Gasteiger partial charge in [-0.2, -0.15) is 5.10 Å². The second-order valence-corrected chi connectivity index (χ2v) is 8.07. The second-order valence-electron chi connectivity index (χ2n) is 7.06. The molecule has 0 bridgehead atoms. The molecule has 0 radical (unpaired) electrons. The number of benzene rings is 2. The molecule has 0 aliphatic carbocycles. The number of nitrogens with zero attached hydrogens (tertiary/aromatic N) is 4. The van der Waals surface area contributed by atoms with E-state index in [0.717, 1.165) is 26.9 Å². The predicted molar refractivity (Wildman–Crippen MR) is 114 cm³/mol. The van der Waals surface area contributed by atoms with Crippen LogP contribution in [0.5, 0.6) is 0 Å². The zero-order valence-corrected chi connectivity index (χ0v) is 17.2. The van der Waals surface area contributed by atoms with E-state index in [4.69, 9.17) is 4.98 Å². The highest BCUT2D eigenvalue weighted by Gasteiger charge is 2.25. The normalized spacial score (nSPS) is 11.1. The molecule has 4 rings (SSSR count). The molecule has 0 fully saturated rings. The van der Waals surface area contributed by atoms with Crippen molar-refractivity contribution >= 4 is 32.6 Å². The smallest absolute Gasteiger partial charge is 0.278 e. The van der Waals surface area contributed by atoms with Gasteiger partial charge in [0.05, 0.1) is 16.8 Å². The van der Waals surface area contributed by atoms with Crippen LogP contribution in [0.15, 0.2) is 48.7 Å². The van der Waals surface area contributed by atoms with E-state index in [1.807, 2.05) is 50.5 Å². The quantitative estimate of drug-likeness (QED) is 0.503. The van der Waals surface area contributed by atoms with Crippen LogP contribution in [0.25, 0.3) is 10.2 Å². The molecule has 0 aliphatic rings. The van der Waals surface area contributed by atoms with Gasteiger partial charge in [0.2, 0.25) is 0 Å². The maximum absolute atomic E-state index is 13.4. The van der Waals surface area contributed by atoms with Gasteiger partial charge in [-0.3, -0.25) is 14.4 Å². The summed E-state index contributed by atoms with van der Waals surface area (Å²) >= 11 is 1.54. The Bertz CT molecular complexity index is 1160. The van der Waals surface area contributed by atoms with Crippen molar-refractivity contribution in [3.63, 3.8) is 0 Å². The van der Waals surface area contributed by atoms with E-state index >= 15 is 0 Å². The highest BCUT2D eigenvalue weighted by Crippen LogP contribution is 2.33. The standard InChI is InChI=1S/C22H22N4OS/c1-14-10-11-18-20(16(14)3)23-22(28-18)26(13-17-8-6-5-7-9-17)21(27)19-15(2)12-25(4)24-19/h5-12H,13H2,1-4H3. The Hall–Kier alpha value is -2.99. The zero-order valence-electron chi connectivity index (χ0n) is 16.4. The van der Waals surface area contributed by atoms with E-state index < -0.39 is 0 Å². The summed E-state index contributed by atoms with van der Waals surface area (Å²) in [6.07, 6.45) is 1.86. The first-order valence-electron chi connectivity index (χ1n) is 9.17. The lowest BCUT2D eigenvalue weighted by Crippen LogP contribution is -2.31. The van der Waals surface area contributed by atoms with E-state index in [0.29, 0.717) is 17.4 Å². The molecule has 6 heteroatoms. The van der Waals surface area contributed by atoms with Crippen molar-refractivity contribution < 1.29 is 4.79 Å². The van der Waals surface area contributed by atoms with E-state index in [2.05, 4.69) is 31.1 Å². The Morgan fingerprint density at radius 2 is 1.82 bits per heavy atom. The molecule has 0 spiro atoms. The Morgan fingerprint density at radius 3 is 2.50 bits per heavy atom. The molecule has 0 aliphatic heterocycles. The van der Waals surface area contributed by atoms with Crippen molar-refractivity contribution in [3.05, 3.63) is 76.6 Å². The monoisotopic (exact) mass is 390 g/mol. The minimum Gasteiger partial charge on any atom is -0.278 e. The highest BCUT2D eigenvalue weighted by molar-refractivity contribution is 7.22. The molecule has 142 valence electrons. The van der Waals surface area contributed by atoms with Crippen LogP contribution in [0.4, 0.5) is 5.13 Å². The zero-order chi connectivity index (χ0) is 19.8. The van der Waals surface area contributed by atoms with Crippen molar-refractivity contribution in [2.45, 2.75) is 27.3 Å². The third kappa shape index (κ3) is 3.31. The number of fused-ring (bicyclic) bond motifs is 1. The van der Waals surface area contributed by atoms with Gasteiger partial charge in [0, 0.05) is 18.8 Å². The highest BCUT2D eigenvalue weighted by atomic mass is 32.1. The Balaban J connectivity index is 1.82. The summed E-state index contributed by atoms with van der Waals surface area (Å²) in [5.41, 5.74) is 5.69. The van der Waals surface area contributed by atoms with Crippen LogP contribution in [0.3, 0.4) is 0 Å². The van der Waals surface area contributed by atoms with Gasteiger partial charge in [-0.25, -0.2) is 4.98 Å². The minimum atomic E-state index is -0.129. The average Bonchev–Trinajstić information content (AvgIpc) is 3.26. The van der Waals surface area contributed by atoms with Crippen LogP contribution < -0.4 is 4.90 Å². The lowest BCUT2D eigenvalue weighted by molar-refractivity contribution is 0.0979. The van der Waals surface area contributed by atoms with Gasteiger partial charge in [-0.15, -0.1) is 0 Å². The van der Waals surface area contributed by atoms with Gasteiger partial charge in [-0.05, 0) is 43.5 Å². The molecule has 0 atom stereocenters. The number of aryl methyl sites for hydroxylation is 4. The first kappa shape index (κ1) is 18.4. The number of hydrogen-bond acceptors (Lipinski definition) is 4. The van der Waals surface area contributed by atoms with E-state index in [9.17, 15) is 4.79 Å². The number of carbonyl (C=O) groups is 1. The van der Waals surface area contributed by atoms with Crippen LogP contribution in [0, 0.1) is 20.8 Å². The van der Waals surface area contributed by atoms with Gasteiger partial charge in [0.25, 0.3) is 5.91 Å². The summed E-state index contributed by atoms with van der Waals surface area (Å²) < 4.78 is 2.76. The summed E-state index contributed by atoms with van der Waals surface area (Å²) in [6.45, 7) is 6.52. The topological polar surface area (TPSA) is 51.0 Å². The molecule has 0 saturated heterocycles. The largest absolute Gasteiger partial charge is 0.281 e. The van der Waals surface area contributed by atoms with Crippen molar-refractivity contribution in [2.75, 3.05) is 4.90 Å². The fourth-order valence-electron chi connectivity index (χ4n) is 3.27. The summed E-state index contributed by atoms with van der Waals surface area (Å²) in [5.74, 6) is -0.129. The number of anilines is 1. The molecule has 2 aromatic carbocycles. The fourth-order valence-corrected chi connectivity index (χ4v) is 4.29. The average molecular weight is 391 g/mol. The van der Waals surface area contributed by atoms with Gasteiger partial charge >= 0.3 is 0 Å². The molecule has 5 nitrogen and oxygen atoms in total. The van der Waals surface area contributed by atoms with Gasteiger partial charge in [0.1, 0.15) is 0 Å². The number of thiazole rings is 1. The molecule has 2 heterocycles. The first-order valence-corrected chi connectivity index (χ1v) is 9.98. The van der Waals surface area contributed by atoms with Gasteiger partial charge < -0.3 is 0 Å². The molecule has 1 amide bonds. The third-order valence-electron chi connectivity index (χ3n) is 4.95. The number of carbonyl (C=O) groups excluding carboxylic acids is 1. The van der Waals surface area contributed by atoms with Crippen LogP contribution >= 0.6 is 11.3 Å². The fraction of sp³-hybridized carbons (Fsp3) is 0.227. The number of rotatable bonds is 4. The summed E-state index contributed by atoms with van der Waals surface area (Å²) in [5, 5.41) is 5.08. The van der Waals surface area contributed by atoms with E-state index in [-0.39, 0.29) is 5.91 Å². The van der Waals surface area contributed by atoms with Crippen molar-refractivity contribution in [1.29, 1.82) is 0 Å². The van der Waals surface area contributed by atoms with Crippen molar-refractivity contribution in [2.24, 2.45) is 7.05 Å². The van der Waals surface area contributed by atoms with Crippen molar-refractivity contribution in [1.82, 2.24) is 14.8 Å². The number of aromatic nitrogens is 3. The Labute approximate surface area is 168 Å². The molecule has 0 N–H and O–H groups in total. The summed E-state index contributed by atoms with van der Waals surface area (Å²) in [4.78, 5) is 20.0. The van der Waals surface area contributed by atoms with Crippen LogP contribution in [0.2, 0.25) is 0 Å². The summed E-state index contributed by atoms with van der Waals surface area (Å²) in [7, 11) is 1.83. The Morgan fingerprint density at radius 1 is 1.07 bits per heavy atom. The minimum absolute atomic E-state index is 0.129. The van der Waals surface area contributed by atoms with Crippen molar-refractivity contribution in [3.8, 4) is 0 Å². The van der Waals surface area contributed by atoms with Crippen LogP contribution in [-0.4, -0.2) is 20.7 Å². The predicted octanol–water partition coefficient (Wildman–Crippen LogP) is 4.80.